The molecule has 0 saturated heterocycles. The maximum Gasteiger partial charge on any atom is 0.0768 e. The summed E-state index contributed by atoms with van der Waals surface area (Å²) in [6.07, 6.45) is 1.62. The van der Waals surface area contributed by atoms with Crippen LogP contribution in [0.3, 0.4) is 0 Å². The van der Waals surface area contributed by atoms with E-state index in [4.69, 9.17) is 4.74 Å². The van der Waals surface area contributed by atoms with Crippen molar-refractivity contribution >= 4 is 0 Å². The van der Waals surface area contributed by atoms with Gasteiger partial charge in [-0.05, 0) is 18.8 Å². The van der Waals surface area contributed by atoms with E-state index in [2.05, 4.69) is 18.7 Å². The lowest BCUT2D eigenvalue weighted by Crippen LogP contribution is -2.44. The molecule has 0 saturated carbocycles. The Balaban J connectivity index is 4.27. The summed E-state index contributed by atoms with van der Waals surface area (Å²) in [4.78, 5) is 2.31. The molecule has 0 aliphatic heterocycles. The van der Waals surface area contributed by atoms with Gasteiger partial charge in [0.2, 0.25) is 0 Å². The van der Waals surface area contributed by atoms with E-state index in [-0.39, 0.29) is 0 Å². The molecule has 0 radical (unpaired) electrons. The van der Waals surface area contributed by atoms with Crippen molar-refractivity contribution in [3.05, 3.63) is 0 Å². The number of hydrogen-bond donors (Lipinski definition) is 1. The van der Waals surface area contributed by atoms with E-state index in [1.807, 2.05) is 13.8 Å². The van der Waals surface area contributed by atoms with Crippen molar-refractivity contribution in [2.24, 2.45) is 5.92 Å². The first-order valence-corrected chi connectivity index (χ1v) is 6.41. The molecule has 0 bridgehead atoms. The summed E-state index contributed by atoms with van der Waals surface area (Å²) in [5.41, 5.74) is -0.539. The predicted octanol–water partition coefficient (Wildman–Crippen LogP) is 2.14. The summed E-state index contributed by atoms with van der Waals surface area (Å²) >= 11 is 0. The largest absolute Gasteiger partial charge is 0.389 e. The maximum absolute atomic E-state index is 10.3. The molecule has 0 aromatic rings. The standard InChI is InChI=1S/C13H29NO2/c1-6-13(15,7-2)11-14(8-9-16-5)10-12(3)4/h12,15H,6-11H2,1-5H3. The lowest BCUT2D eigenvalue weighted by atomic mass is 9.96. The summed E-state index contributed by atoms with van der Waals surface area (Å²) in [5.74, 6) is 0.620. The molecule has 0 rings (SSSR count). The number of ether oxygens (including phenoxy) is 1. The first kappa shape index (κ1) is 15.9. The molecular weight excluding hydrogens is 202 g/mol. The zero-order chi connectivity index (χ0) is 12.6. The molecule has 0 amide bonds. The van der Waals surface area contributed by atoms with Crippen LogP contribution >= 0.6 is 0 Å². The zero-order valence-corrected chi connectivity index (χ0v) is 11.6. The minimum atomic E-state index is -0.539. The number of hydrogen-bond acceptors (Lipinski definition) is 3. The lowest BCUT2D eigenvalue weighted by molar-refractivity contribution is -0.0112. The molecule has 0 atom stereocenters. The Morgan fingerprint density at radius 3 is 2.19 bits per heavy atom. The molecule has 98 valence electrons. The fraction of sp³-hybridized carbons (Fsp3) is 1.00. The third-order valence-electron chi connectivity index (χ3n) is 3.07. The van der Waals surface area contributed by atoms with Crippen LogP contribution in [0.4, 0.5) is 0 Å². The van der Waals surface area contributed by atoms with Crippen LogP contribution in [-0.4, -0.2) is 49.0 Å². The third kappa shape index (κ3) is 6.46. The molecule has 0 fully saturated rings. The van der Waals surface area contributed by atoms with E-state index in [9.17, 15) is 5.11 Å². The van der Waals surface area contributed by atoms with Crippen LogP contribution in [0, 0.1) is 5.92 Å². The van der Waals surface area contributed by atoms with Gasteiger partial charge in [-0.15, -0.1) is 0 Å². The van der Waals surface area contributed by atoms with Gasteiger partial charge in [-0.3, -0.25) is 4.90 Å². The Morgan fingerprint density at radius 2 is 1.81 bits per heavy atom. The van der Waals surface area contributed by atoms with Crippen LogP contribution in [0.2, 0.25) is 0 Å². The summed E-state index contributed by atoms with van der Waals surface area (Å²) in [6, 6.07) is 0. The molecule has 3 heteroatoms. The van der Waals surface area contributed by atoms with Gasteiger partial charge in [0.25, 0.3) is 0 Å². The predicted molar refractivity (Wildman–Crippen MR) is 68.7 cm³/mol. The number of methoxy groups -OCH3 is 1. The molecule has 0 aromatic carbocycles. The average molecular weight is 231 g/mol. The monoisotopic (exact) mass is 231 g/mol. The average Bonchev–Trinajstić information content (AvgIpc) is 2.25. The molecule has 16 heavy (non-hydrogen) atoms. The first-order valence-electron chi connectivity index (χ1n) is 6.41. The lowest BCUT2D eigenvalue weighted by Gasteiger charge is -2.33. The van der Waals surface area contributed by atoms with E-state index in [1.165, 1.54) is 0 Å². The minimum Gasteiger partial charge on any atom is -0.389 e. The van der Waals surface area contributed by atoms with Crippen molar-refractivity contribution in [1.82, 2.24) is 4.90 Å². The Hall–Kier alpha value is -0.120. The van der Waals surface area contributed by atoms with Crippen molar-refractivity contribution in [2.45, 2.75) is 46.1 Å². The zero-order valence-electron chi connectivity index (χ0n) is 11.6. The first-order chi connectivity index (χ1) is 7.47. The van der Waals surface area contributed by atoms with Crippen LogP contribution in [0.15, 0.2) is 0 Å². The van der Waals surface area contributed by atoms with Gasteiger partial charge in [-0.1, -0.05) is 27.7 Å². The Morgan fingerprint density at radius 1 is 1.25 bits per heavy atom. The smallest absolute Gasteiger partial charge is 0.0768 e. The van der Waals surface area contributed by atoms with E-state index < -0.39 is 5.60 Å². The fourth-order valence-corrected chi connectivity index (χ4v) is 1.86. The minimum absolute atomic E-state index is 0.539. The SMILES string of the molecule is CCC(O)(CC)CN(CCOC)CC(C)C. The highest BCUT2D eigenvalue weighted by atomic mass is 16.5. The molecule has 0 aromatic heterocycles. The topological polar surface area (TPSA) is 32.7 Å². The fourth-order valence-electron chi connectivity index (χ4n) is 1.86. The Bertz CT molecular complexity index is 167. The van der Waals surface area contributed by atoms with Gasteiger partial charge < -0.3 is 9.84 Å². The molecule has 1 N–H and O–H groups in total. The molecule has 0 aliphatic rings. The van der Waals surface area contributed by atoms with Crippen molar-refractivity contribution < 1.29 is 9.84 Å². The van der Waals surface area contributed by atoms with Gasteiger partial charge in [0.05, 0.1) is 12.2 Å². The van der Waals surface area contributed by atoms with Gasteiger partial charge in [-0.25, -0.2) is 0 Å². The summed E-state index contributed by atoms with van der Waals surface area (Å²) in [7, 11) is 1.72. The second-order valence-electron chi connectivity index (χ2n) is 5.05. The van der Waals surface area contributed by atoms with Gasteiger partial charge in [0, 0.05) is 26.7 Å². The quantitative estimate of drug-likeness (QED) is 0.660. The number of aliphatic hydroxyl groups is 1. The molecule has 0 heterocycles. The van der Waals surface area contributed by atoms with Crippen molar-refractivity contribution in [3.8, 4) is 0 Å². The molecule has 0 unspecified atom stereocenters. The molecule has 0 aliphatic carbocycles. The van der Waals surface area contributed by atoms with Crippen LogP contribution in [0.1, 0.15) is 40.5 Å². The van der Waals surface area contributed by atoms with E-state index >= 15 is 0 Å². The summed E-state index contributed by atoms with van der Waals surface area (Å²) < 4.78 is 5.11. The van der Waals surface area contributed by atoms with Gasteiger partial charge in [0.15, 0.2) is 0 Å². The van der Waals surface area contributed by atoms with Gasteiger partial charge >= 0.3 is 0 Å². The normalized spacial score (nSPS) is 12.8. The Kier molecular flexibility index (Phi) is 7.98. The highest BCUT2D eigenvalue weighted by Gasteiger charge is 2.25. The van der Waals surface area contributed by atoms with E-state index in [0.717, 1.165) is 39.1 Å². The maximum atomic E-state index is 10.3. The van der Waals surface area contributed by atoms with E-state index in [1.54, 1.807) is 7.11 Å². The Labute approximate surface area is 101 Å². The molecule has 0 spiro atoms. The number of nitrogens with zero attached hydrogens (tertiary/aromatic N) is 1. The summed E-state index contributed by atoms with van der Waals surface area (Å²) in [6.45, 7) is 11.9. The number of rotatable bonds is 9. The van der Waals surface area contributed by atoms with Crippen LogP contribution in [-0.2, 0) is 4.74 Å². The highest BCUT2D eigenvalue weighted by molar-refractivity contribution is 4.80. The molecule has 3 nitrogen and oxygen atoms in total. The third-order valence-corrected chi connectivity index (χ3v) is 3.07. The van der Waals surface area contributed by atoms with Gasteiger partial charge in [0.1, 0.15) is 0 Å². The van der Waals surface area contributed by atoms with Crippen LogP contribution < -0.4 is 0 Å². The van der Waals surface area contributed by atoms with Crippen LogP contribution in [0.5, 0.6) is 0 Å². The highest BCUT2D eigenvalue weighted by Crippen LogP contribution is 2.17. The van der Waals surface area contributed by atoms with Crippen LogP contribution in [0.25, 0.3) is 0 Å². The second-order valence-corrected chi connectivity index (χ2v) is 5.05. The second kappa shape index (κ2) is 8.04. The molecular formula is C13H29NO2. The van der Waals surface area contributed by atoms with Crippen molar-refractivity contribution in [1.29, 1.82) is 0 Å². The van der Waals surface area contributed by atoms with E-state index in [0.29, 0.717) is 5.92 Å². The summed E-state index contributed by atoms with van der Waals surface area (Å²) in [5, 5.41) is 10.3. The van der Waals surface area contributed by atoms with Crippen molar-refractivity contribution in [3.63, 3.8) is 0 Å². The van der Waals surface area contributed by atoms with Gasteiger partial charge in [-0.2, -0.15) is 0 Å². The van der Waals surface area contributed by atoms with Crippen molar-refractivity contribution in [2.75, 3.05) is 33.4 Å².